The molecule has 0 spiro atoms. The number of carbonyl (C=O) groups is 2. The minimum Gasteiger partial charge on any atom is -0.496 e. The predicted octanol–water partition coefficient (Wildman–Crippen LogP) is 3.45. The number of para-hydroxylation sites is 1. The van der Waals surface area contributed by atoms with Gasteiger partial charge >= 0.3 is 0 Å². The quantitative estimate of drug-likeness (QED) is 0.844. The first-order chi connectivity index (χ1) is 12.6. The van der Waals surface area contributed by atoms with Gasteiger partial charge in [0.2, 0.25) is 5.91 Å². The van der Waals surface area contributed by atoms with Crippen molar-refractivity contribution in [1.29, 1.82) is 0 Å². The van der Waals surface area contributed by atoms with Crippen molar-refractivity contribution in [2.45, 2.75) is 19.3 Å². The molecular weight excluding hydrogens is 352 g/mol. The molecule has 0 aliphatic carbocycles. The Labute approximate surface area is 157 Å². The highest BCUT2D eigenvalue weighted by Crippen LogP contribution is 2.30. The highest BCUT2D eigenvalue weighted by molar-refractivity contribution is 6.34. The van der Waals surface area contributed by atoms with E-state index in [4.69, 9.17) is 16.3 Å². The molecule has 0 saturated carbocycles. The maximum absolute atomic E-state index is 12.5. The van der Waals surface area contributed by atoms with Crippen molar-refractivity contribution >= 4 is 29.1 Å². The molecule has 1 aliphatic rings. The molecule has 5 nitrogen and oxygen atoms in total. The number of nitrogens with one attached hydrogen (secondary N) is 1. The summed E-state index contributed by atoms with van der Waals surface area (Å²) in [5.41, 5.74) is 2.13. The number of ether oxygens (including phenoxy) is 1. The van der Waals surface area contributed by atoms with Crippen LogP contribution < -0.4 is 15.0 Å². The maximum atomic E-state index is 12.5. The van der Waals surface area contributed by atoms with E-state index in [0.717, 1.165) is 17.7 Å². The summed E-state index contributed by atoms with van der Waals surface area (Å²) in [6.07, 6.45) is 2.00. The molecule has 6 heteroatoms. The first-order valence-corrected chi connectivity index (χ1v) is 8.98. The molecule has 2 aromatic carbocycles. The van der Waals surface area contributed by atoms with E-state index in [9.17, 15) is 9.59 Å². The summed E-state index contributed by atoms with van der Waals surface area (Å²) in [4.78, 5) is 26.1. The van der Waals surface area contributed by atoms with E-state index < -0.39 is 0 Å². The smallest absolute Gasteiger partial charge is 0.251 e. The van der Waals surface area contributed by atoms with Gasteiger partial charge in [0.05, 0.1) is 17.8 Å². The summed E-state index contributed by atoms with van der Waals surface area (Å²) in [6.45, 7) is 1.12. The zero-order valence-electron chi connectivity index (χ0n) is 14.6. The molecule has 2 amide bonds. The number of anilines is 1. The number of hydrogen-bond donors (Lipinski definition) is 1. The van der Waals surface area contributed by atoms with Gasteiger partial charge in [-0.15, -0.1) is 0 Å². The van der Waals surface area contributed by atoms with Crippen LogP contribution in [0.4, 0.5) is 5.69 Å². The van der Waals surface area contributed by atoms with E-state index in [1.54, 1.807) is 30.2 Å². The number of hydrogen-bond acceptors (Lipinski definition) is 3. The molecule has 0 unspecified atom stereocenters. The summed E-state index contributed by atoms with van der Waals surface area (Å²) in [7, 11) is 1.63. The molecule has 1 aliphatic heterocycles. The lowest BCUT2D eigenvalue weighted by Gasteiger charge is -2.18. The van der Waals surface area contributed by atoms with E-state index in [2.05, 4.69) is 5.32 Å². The number of methoxy groups -OCH3 is 1. The van der Waals surface area contributed by atoms with Crippen LogP contribution in [0.25, 0.3) is 0 Å². The van der Waals surface area contributed by atoms with Crippen molar-refractivity contribution in [2.75, 3.05) is 25.1 Å². The van der Waals surface area contributed by atoms with Crippen molar-refractivity contribution in [2.24, 2.45) is 0 Å². The van der Waals surface area contributed by atoms with Crippen LogP contribution in [0.5, 0.6) is 5.75 Å². The second-order valence-electron chi connectivity index (χ2n) is 6.13. The van der Waals surface area contributed by atoms with Crippen molar-refractivity contribution in [1.82, 2.24) is 5.32 Å². The first kappa shape index (κ1) is 18.3. The fourth-order valence-corrected chi connectivity index (χ4v) is 3.31. The molecule has 0 radical (unpaired) electrons. The molecule has 3 rings (SSSR count). The van der Waals surface area contributed by atoms with Gasteiger partial charge in [0.1, 0.15) is 5.75 Å². The highest BCUT2D eigenvalue weighted by Gasteiger charge is 2.24. The Bertz CT molecular complexity index is 822. The van der Waals surface area contributed by atoms with E-state index in [1.165, 1.54) is 0 Å². The number of nitrogens with zero attached hydrogens (tertiary/aromatic N) is 1. The minimum absolute atomic E-state index is 0.0423. The monoisotopic (exact) mass is 372 g/mol. The summed E-state index contributed by atoms with van der Waals surface area (Å²) >= 11 is 6.22. The van der Waals surface area contributed by atoms with Gasteiger partial charge in [0.25, 0.3) is 5.91 Å². The number of carbonyl (C=O) groups excluding carboxylic acids is 2. The number of halogens is 1. The van der Waals surface area contributed by atoms with Crippen molar-refractivity contribution in [3.63, 3.8) is 0 Å². The molecule has 0 aromatic heterocycles. The summed E-state index contributed by atoms with van der Waals surface area (Å²) < 4.78 is 5.32. The first-order valence-electron chi connectivity index (χ1n) is 8.60. The Morgan fingerprint density at radius 3 is 2.81 bits per heavy atom. The Hall–Kier alpha value is -2.53. The summed E-state index contributed by atoms with van der Waals surface area (Å²) in [5, 5.41) is 3.38. The van der Waals surface area contributed by atoms with E-state index >= 15 is 0 Å². The van der Waals surface area contributed by atoms with Gasteiger partial charge in [-0.3, -0.25) is 9.59 Å². The molecule has 1 heterocycles. The third-order valence-electron chi connectivity index (χ3n) is 4.44. The van der Waals surface area contributed by atoms with Crippen LogP contribution in [0.15, 0.2) is 42.5 Å². The Morgan fingerprint density at radius 2 is 2.08 bits per heavy atom. The third kappa shape index (κ3) is 3.99. The van der Waals surface area contributed by atoms with Gasteiger partial charge < -0.3 is 15.0 Å². The Balaban J connectivity index is 1.65. The van der Waals surface area contributed by atoms with E-state index in [0.29, 0.717) is 42.2 Å². The van der Waals surface area contributed by atoms with Crippen LogP contribution >= 0.6 is 11.6 Å². The largest absolute Gasteiger partial charge is 0.496 e. The predicted molar refractivity (Wildman–Crippen MR) is 102 cm³/mol. The van der Waals surface area contributed by atoms with Crippen LogP contribution in [0, 0.1) is 0 Å². The molecule has 0 atom stereocenters. The van der Waals surface area contributed by atoms with E-state index in [1.807, 2.05) is 24.3 Å². The van der Waals surface area contributed by atoms with Gasteiger partial charge in [0.15, 0.2) is 0 Å². The molecular formula is C20H21ClN2O3. The minimum atomic E-state index is -0.190. The van der Waals surface area contributed by atoms with Gasteiger partial charge in [-0.1, -0.05) is 29.8 Å². The second-order valence-corrected chi connectivity index (χ2v) is 6.54. The van der Waals surface area contributed by atoms with Gasteiger partial charge in [0, 0.05) is 25.1 Å². The number of rotatable bonds is 6. The lowest BCUT2D eigenvalue weighted by Crippen LogP contribution is -2.27. The van der Waals surface area contributed by atoms with Crippen LogP contribution in [0.1, 0.15) is 28.8 Å². The SMILES string of the molecule is COc1ccccc1CCNC(=O)c1ccc(Cl)c(N2CCCC2=O)c1. The van der Waals surface area contributed by atoms with Crippen LogP contribution in [-0.2, 0) is 11.2 Å². The number of amides is 2. The fourth-order valence-electron chi connectivity index (χ4n) is 3.09. The molecule has 1 saturated heterocycles. The van der Waals surface area contributed by atoms with E-state index in [-0.39, 0.29) is 11.8 Å². The fraction of sp³-hybridized carbons (Fsp3) is 0.300. The summed E-state index contributed by atoms with van der Waals surface area (Å²) in [5.74, 6) is 0.660. The lowest BCUT2D eigenvalue weighted by atomic mass is 10.1. The molecule has 1 N–H and O–H groups in total. The van der Waals surface area contributed by atoms with Crippen molar-refractivity contribution in [3.05, 3.63) is 58.6 Å². The molecule has 136 valence electrons. The lowest BCUT2D eigenvalue weighted by molar-refractivity contribution is -0.117. The molecule has 0 bridgehead atoms. The zero-order valence-corrected chi connectivity index (χ0v) is 15.4. The van der Waals surface area contributed by atoms with Crippen molar-refractivity contribution < 1.29 is 14.3 Å². The Kier molecular flexibility index (Phi) is 5.78. The van der Waals surface area contributed by atoms with Crippen LogP contribution in [0.2, 0.25) is 5.02 Å². The summed E-state index contributed by atoms with van der Waals surface area (Å²) in [6, 6.07) is 12.8. The zero-order chi connectivity index (χ0) is 18.5. The topological polar surface area (TPSA) is 58.6 Å². The second kappa shape index (κ2) is 8.23. The third-order valence-corrected chi connectivity index (χ3v) is 4.76. The normalized spacial score (nSPS) is 13.8. The van der Waals surface area contributed by atoms with Crippen LogP contribution in [0.3, 0.4) is 0 Å². The standard InChI is InChI=1S/C20H21ClN2O3/c1-26-18-6-3-2-5-14(18)10-11-22-20(25)15-8-9-16(21)17(13-15)23-12-4-7-19(23)24/h2-3,5-6,8-9,13H,4,7,10-12H2,1H3,(H,22,25). The molecule has 2 aromatic rings. The highest BCUT2D eigenvalue weighted by atomic mass is 35.5. The number of benzene rings is 2. The van der Waals surface area contributed by atoms with Gasteiger partial charge in [-0.25, -0.2) is 0 Å². The van der Waals surface area contributed by atoms with Gasteiger partial charge in [-0.2, -0.15) is 0 Å². The Morgan fingerprint density at radius 1 is 1.27 bits per heavy atom. The maximum Gasteiger partial charge on any atom is 0.251 e. The van der Waals surface area contributed by atoms with Gasteiger partial charge in [-0.05, 0) is 42.7 Å². The van der Waals surface area contributed by atoms with Crippen molar-refractivity contribution in [3.8, 4) is 5.75 Å². The average molecular weight is 373 g/mol. The van der Waals surface area contributed by atoms with Crippen LogP contribution in [-0.4, -0.2) is 32.0 Å². The molecule has 1 fully saturated rings. The average Bonchev–Trinajstić information content (AvgIpc) is 3.08. The molecule has 26 heavy (non-hydrogen) atoms.